The molecule has 2 aromatic carbocycles. The second-order valence-corrected chi connectivity index (χ2v) is 7.68. The Labute approximate surface area is 187 Å². The van der Waals surface area contributed by atoms with Crippen molar-refractivity contribution in [1.29, 1.82) is 0 Å². The topological polar surface area (TPSA) is 111 Å². The van der Waals surface area contributed by atoms with Crippen LogP contribution in [0.25, 0.3) is 0 Å². The first-order valence-corrected chi connectivity index (χ1v) is 10.7. The van der Waals surface area contributed by atoms with Gasteiger partial charge in [0, 0.05) is 31.0 Å². The van der Waals surface area contributed by atoms with Crippen molar-refractivity contribution >= 4 is 29.1 Å². The Hall–Kier alpha value is -3.52. The normalized spacial score (nSPS) is 15.4. The number of hydrogen-bond donors (Lipinski definition) is 3. The van der Waals surface area contributed by atoms with Crippen LogP contribution in [0.3, 0.4) is 0 Å². The summed E-state index contributed by atoms with van der Waals surface area (Å²) in [6.45, 7) is 0. The fourth-order valence-electron chi connectivity index (χ4n) is 3.65. The van der Waals surface area contributed by atoms with Gasteiger partial charge in [0.25, 0.3) is 5.91 Å². The molecule has 8 heteroatoms. The number of unbranched alkanes of at least 4 members (excludes halogenated alkanes) is 3. The molecule has 1 aliphatic heterocycles. The molecular weight excluding hydrogens is 408 g/mol. The zero-order valence-electron chi connectivity index (χ0n) is 18.1. The lowest BCUT2D eigenvalue weighted by molar-refractivity contribution is -0.129. The van der Waals surface area contributed by atoms with E-state index in [2.05, 4.69) is 10.3 Å². The van der Waals surface area contributed by atoms with Crippen LogP contribution in [0, 0.1) is 0 Å². The van der Waals surface area contributed by atoms with Gasteiger partial charge in [-0.2, -0.15) is 0 Å². The third-order valence-corrected chi connectivity index (χ3v) is 5.37. The first-order chi connectivity index (χ1) is 15.5. The molecule has 1 heterocycles. The summed E-state index contributed by atoms with van der Waals surface area (Å²) in [6.07, 6.45) is 2.34. The van der Waals surface area contributed by atoms with Crippen LogP contribution in [0.4, 0.5) is 5.69 Å². The fourth-order valence-corrected chi connectivity index (χ4v) is 3.65. The molecule has 0 unspecified atom stereocenters. The molecule has 0 saturated heterocycles. The summed E-state index contributed by atoms with van der Waals surface area (Å²) >= 11 is 0. The predicted octanol–water partition coefficient (Wildman–Crippen LogP) is 2.79. The highest BCUT2D eigenvalue weighted by atomic mass is 16.5. The molecule has 0 spiro atoms. The molecule has 1 aliphatic rings. The minimum atomic E-state index is -1.01. The minimum Gasteiger partial charge on any atom is -0.327 e. The molecule has 168 valence electrons. The van der Waals surface area contributed by atoms with Crippen molar-refractivity contribution in [2.75, 3.05) is 11.9 Å². The second kappa shape index (κ2) is 11.2. The van der Waals surface area contributed by atoms with E-state index in [-0.39, 0.29) is 24.7 Å². The van der Waals surface area contributed by atoms with E-state index < -0.39 is 12.1 Å². The van der Waals surface area contributed by atoms with Gasteiger partial charge in [-0.25, -0.2) is 10.5 Å². The van der Waals surface area contributed by atoms with Crippen molar-refractivity contribution < 1.29 is 19.6 Å². The minimum absolute atomic E-state index is 0.244. The van der Waals surface area contributed by atoms with Gasteiger partial charge in [0.15, 0.2) is 0 Å². The summed E-state index contributed by atoms with van der Waals surface area (Å²) in [6, 6.07) is 17.2. The van der Waals surface area contributed by atoms with Crippen LogP contribution >= 0.6 is 0 Å². The molecular formula is C24H28N4O4. The Bertz CT molecular complexity index is 991. The van der Waals surface area contributed by atoms with Crippen LogP contribution < -0.4 is 15.7 Å². The number of carbonyl (C=O) groups excluding carboxylic acids is 3. The second-order valence-electron chi connectivity index (χ2n) is 7.68. The zero-order chi connectivity index (χ0) is 22.9. The lowest BCUT2D eigenvalue weighted by Gasteiger charge is -2.20. The Morgan fingerprint density at radius 2 is 1.56 bits per heavy atom. The smallest absolute Gasteiger partial charge is 0.272 e. The molecule has 0 aromatic heterocycles. The van der Waals surface area contributed by atoms with E-state index in [1.54, 1.807) is 12.5 Å². The standard InChI is InChI=1S/C24H28N4O4/c1-28-19-14-10-9-13-18(19)22(17-11-5-4-6-12-17)26-23(24(28)31)25-20(29)15-7-2-3-8-16-21(30)27-32/h4-6,9-14,23,32H,2-3,7-8,15-16H2,1H3,(H,25,29)(H,27,30)/t23-/m0/s1. The maximum atomic E-state index is 13.1. The fraction of sp³-hybridized carbons (Fsp3) is 0.333. The number of anilines is 1. The lowest BCUT2D eigenvalue weighted by Crippen LogP contribution is -2.46. The van der Waals surface area contributed by atoms with Crippen LogP contribution in [-0.2, 0) is 14.4 Å². The third-order valence-electron chi connectivity index (χ3n) is 5.37. The van der Waals surface area contributed by atoms with Crippen LogP contribution in [0.15, 0.2) is 59.6 Å². The van der Waals surface area contributed by atoms with E-state index >= 15 is 0 Å². The van der Waals surface area contributed by atoms with Crippen LogP contribution in [0.1, 0.15) is 49.7 Å². The zero-order valence-corrected chi connectivity index (χ0v) is 18.1. The summed E-state index contributed by atoms with van der Waals surface area (Å²) in [5, 5.41) is 11.3. The molecule has 1 atom stereocenters. The first kappa shape index (κ1) is 23.1. The van der Waals surface area contributed by atoms with Gasteiger partial charge in [0.2, 0.25) is 18.0 Å². The van der Waals surface area contributed by atoms with E-state index in [0.29, 0.717) is 18.6 Å². The molecule has 0 aliphatic carbocycles. The molecule has 0 radical (unpaired) electrons. The average Bonchev–Trinajstić information content (AvgIpc) is 2.92. The molecule has 3 amide bonds. The molecule has 8 nitrogen and oxygen atoms in total. The number of aliphatic imine (C=N–C) groups is 1. The Kier molecular flexibility index (Phi) is 8.10. The number of carbonyl (C=O) groups is 3. The largest absolute Gasteiger partial charge is 0.327 e. The number of rotatable bonds is 9. The highest BCUT2D eigenvalue weighted by Gasteiger charge is 2.30. The Morgan fingerprint density at radius 1 is 0.938 bits per heavy atom. The van der Waals surface area contributed by atoms with Crippen LogP contribution in [0.2, 0.25) is 0 Å². The Balaban J connectivity index is 1.69. The van der Waals surface area contributed by atoms with Crippen LogP contribution in [-0.4, -0.2) is 41.9 Å². The van der Waals surface area contributed by atoms with Gasteiger partial charge in [-0.15, -0.1) is 0 Å². The van der Waals surface area contributed by atoms with Gasteiger partial charge >= 0.3 is 0 Å². The number of amides is 3. The van der Waals surface area contributed by atoms with Crippen molar-refractivity contribution in [2.24, 2.45) is 4.99 Å². The summed E-state index contributed by atoms with van der Waals surface area (Å²) in [5.74, 6) is -0.953. The number of hydroxylamine groups is 1. The number of benzodiazepines with no additional fused rings is 1. The molecule has 3 rings (SSSR count). The summed E-state index contributed by atoms with van der Waals surface area (Å²) < 4.78 is 0. The molecule has 0 bridgehead atoms. The summed E-state index contributed by atoms with van der Waals surface area (Å²) in [7, 11) is 1.69. The molecule has 3 N–H and O–H groups in total. The van der Waals surface area contributed by atoms with E-state index in [1.807, 2.05) is 54.6 Å². The predicted molar refractivity (Wildman–Crippen MR) is 121 cm³/mol. The lowest BCUT2D eigenvalue weighted by atomic mass is 10.0. The van der Waals surface area contributed by atoms with Crippen LogP contribution in [0.5, 0.6) is 0 Å². The maximum absolute atomic E-state index is 13.1. The average molecular weight is 437 g/mol. The SMILES string of the molecule is CN1C(=O)[C@@H](NC(=O)CCCCCCC(=O)NO)N=C(c2ccccc2)c2ccccc21. The maximum Gasteiger partial charge on any atom is 0.272 e. The van der Waals surface area contributed by atoms with Gasteiger partial charge in [-0.05, 0) is 18.9 Å². The number of nitrogens with one attached hydrogen (secondary N) is 2. The van der Waals surface area contributed by atoms with Gasteiger partial charge in [-0.1, -0.05) is 61.4 Å². The van der Waals surface area contributed by atoms with Gasteiger partial charge in [0.1, 0.15) is 0 Å². The summed E-state index contributed by atoms with van der Waals surface area (Å²) in [5.41, 5.74) is 4.70. The molecule has 2 aromatic rings. The van der Waals surface area contributed by atoms with E-state index in [1.165, 1.54) is 4.90 Å². The van der Waals surface area contributed by atoms with Gasteiger partial charge in [0.05, 0.1) is 11.4 Å². The van der Waals surface area contributed by atoms with Crippen molar-refractivity contribution in [3.05, 3.63) is 65.7 Å². The van der Waals surface area contributed by atoms with Gasteiger partial charge in [-0.3, -0.25) is 19.6 Å². The Morgan fingerprint density at radius 3 is 2.25 bits per heavy atom. The van der Waals surface area contributed by atoms with Crippen molar-refractivity contribution in [2.45, 2.75) is 44.7 Å². The van der Waals surface area contributed by atoms with E-state index in [9.17, 15) is 14.4 Å². The van der Waals surface area contributed by atoms with Crippen molar-refractivity contribution in [1.82, 2.24) is 10.8 Å². The number of likely N-dealkylation sites (N-methyl/N-ethyl adjacent to an activating group) is 1. The third kappa shape index (κ3) is 5.79. The molecule has 0 fully saturated rings. The molecule has 0 saturated carbocycles. The van der Waals surface area contributed by atoms with Gasteiger partial charge < -0.3 is 10.2 Å². The van der Waals surface area contributed by atoms with Crippen molar-refractivity contribution in [3.8, 4) is 0 Å². The highest BCUT2D eigenvalue weighted by Crippen LogP contribution is 2.27. The van der Waals surface area contributed by atoms with E-state index in [0.717, 1.165) is 29.7 Å². The number of para-hydroxylation sites is 1. The summed E-state index contributed by atoms with van der Waals surface area (Å²) in [4.78, 5) is 42.8. The number of benzene rings is 2. The van der Waals surface area contributed by atoms with Crippen molar-refractivity contribution in [3.63, 3.8) is 0 Å². The monoisotopic (exact) mass is 436 g/mol. The highest BCUT2D eigenvalue weighted by molar-refractivity contribution is 6.20. The van der Waals surface area contributed by atoms with E-state index in [4.69, 9.17) is 5.21 Å². The number of nitrogens with zero attached hydrogens (tertiary/aromatic N) is 2. The molecule has 32 heavy (non-hydrogen) atoms. The first-order valence-electron chi connectivity index (χ1n) is 10.7. The number of hydrogen-bond acceptors (Lipinski definition) is 5. The quantitative estimate of drug-likeness (QED) is 0.319. The number of fused-ring (bicyclic) bond motifs is 1.